The van der Waals surface area contributed by atoms with Gasteiger partial charge in [0.2, 0.25) is 0 Å². The Morgan fingerprint density at radius 1 is 0.744 bits per heavy atom. The average molecular weight is 584 g/mol. The Kier molecular flexibility index (Phi) is 16.6. The van der Waals surface area contributed by atoms with E-state index in [4.69, 9.17) is 19.8 Å². The van der Waals surface area contributed by atoms with Crippen molar-refractivity contribution < 1.29 is 48.9 Å². The summed E-state index contributed by atoms with van der Waals surface area (Å²) in [5.74, 6) is -2.74. The molecule has 1 atom stereocenters. The first-order chi connectivity index (χ1) is 18.0. The summed E-state index contributed by atoms with van der Waals surface area (Å²) >= 11 is 0. The molecule has 0 aromatic heterocycles. The van der Waals surface area contributed by atoms with Crippen LogP contribution in [0.25, 0.3) is 5.32 Å². The second-order valence-electron chi connectivity index (χ2n) is 7.56. The molecule has 1 unspecified atom stereocenters. The van der Waals surface area contributed by atoms with Gasteiger partial charge in [0, 0.05) is 34.5 Å². The molecule has 3 rings (SSSR count). The predicted octanol–water partition coefficient (Wildman–Crippen LogP) is 1.30. The molecule has 0 saturated carbocycles. The summed E-state index contributed by atoms with van der Waals surface area (Å²) in [6.07, 6.45) is 5.52. The molecule has 0 fully saturated rings. The van der Waals surface area contributed by atoms with Crippen LogP contribution in [0.4, 0.5) is 0 Å². The van der Waals surface area contributed by atoms with Gasteiger partial charge in [-0.15, -0.1) is 5.70 Å². The summed E-state index contributed by atoms with van der Waals surface area (Å²) in [4.78, 5) is 42.0. The molecule has 0 aliphatic carbocycles. The van der Waals surface area contributed by atoms with Crippen molar-refractivity contribution >= 4 is 35.2 Å². The minimum absolute atomic E-state index is 0. The van der Waals surface area contributed by atoms with Crippen LogP contribution in [0.2, 0.25) is 0 Å². The standard InChI is InChI=1S/C23H22N5O2.2C2H4O2.Zn/c1-16(25-27-22(29)18-10-5-3-6-11-18)20-14-9-15-21(24-20)17(2)26-28-23(30)19-12-7-4-8-13-19;2*1-2(3)4;/h3-15,20H,1-2H3,(H,27,29)(H,28,30);2*1H3,(H,3,4);/q-1;;;+2/p-2/b25-16+,26-17+;;;. The SMILES string of the molecule is C/C(=N\NC(=O)c1ccccc1)C1=CC=CC(/C(C)=N/NC(=O)c2ccccc2)[N-]1.CC(=O)[O-].CC(=O)[O-].[Zn+2]. The van der Waals surface area contributed by atoms with Crippen LogP contribution in [-0.2, 0) is 29.1 Å². The van der Waals surface area contributed by atoms with Crippen LogP contribution in [0.1, 0.15) is 48.4 Å². The van der Waals surface area contributed by atoms with Crippen molar-refractivity contribution in [2.75, 3.05) is 0 Å². The zero-order chi connectivity index (χ0) is 28.5. The van der Waals surface area contributed by atoms with E-state index in [2.05, 4.69) is 26.4 Å². The minimum Gasteiger partial charge on any atom is -0.672 e. The van der Waals surface area contributed by atoms with Crippen molar-refractivity contribution in [3.63, 3.8) is 0 Å². The Morgan fingerprint density at radius 3 is 1.59 bits per heavy atom. The molecule has 1 aliphatic rings. The number of carbonyl (C=O) groups excluding carboxylic acids is 4. The van der Waals surface area contributed by atoms with Gasteiger partial charge in [-0.05, 0) is 52.0 Å². The second-order valence-corrected chi connectivity index (χ2v) is 7.56. The first-order valence-corrected chi connectivity index (χ1v) is 11.2. The van der Waals surface area contributed by atoms with E-state index in [1.165, 1.54) is 0 Å². The Bertz CT molecular complexity index is 1210. The van der Waals surface area contributed by atoms with E-state index >= 15 is 0 Å². The van der Waals surface area contributed by atoms with E-state index in [1.54, 1.807) is 68.5 Å². The van der Waals surface area contributed by atoms with Gasteiger partial charge in [-0.25, -0.2) is 10.9 Å². The zero-order valence-electron chi connectivity index (χ0n) is 22.1. The maximum absolute atomic E-state index is 12.1. The van der Waals surface area contributed by atoms with Crippen molar-refractivity contribution in [3.8, 4) is 0 Å². The summed E-state index contributed by atoms with van der Waals surface area (Å²) in [6, 6.07) is 17.4. The molecule has 2 aromatic carbocycles. The number of rotatable bonds is 6. The van der Waals surface area contributed by atoms with Crippen LogP contribution in [0.15, 0.2) is 94.8 Å². The smallest absolute Gasteiger partial charge is 0.672 e. The topological polar surface area (TPSA) is 177 Å². The Balaban J connectivity index is 0.00000142. The summed E-state index contributed by atoms with van der Waals surface area (Å²) in [5.41, 5.74) is 7.96. The number of hydrogen-bond acceptors (Lipinski definition) is 8. The number of aliphatic carboxylic acids is 2. The van der Waals surface area contributed by atoms with Crippen LogP contribution in [0, 0.1) is 0 Å². The maximum Gasteiger partial charge on any atom is 2.00 e. The normalized spacial score (nSPS) is 13.8. The number of benzene rings is 2. The first kappa shape index (κ1) is 34.6. The molecule has 11 nitrogen and oxygen atoms in total. The van der Waals surface area contributed by atoms with E-state index < -0.39 is 11.9 Å². The summed E-state index contributed by atoms with van der Waals surface area (Å²) < 4.78 is 0. The molecular formula is C27H28N5O6Zn-. The van der Waals surface area contributed by atoms with Crippen LogP contribution < -0.4 is 21.1 Å². The fourth-order valence-corrected chi connectivity index (χ4v) is 2.64. The molecule has 2 aromatic rings. The number of amides is 2. The largest absolute Gasteiger partial charge is 2.00 e. The zero-order valence-corrected chi connectivity index (χ0v) is 25.0. The molecule has 39 heavy (non-hydrogen) atoms. The number of nitrogens with one attached hydrogen (secondary N) is 2. The second kappa shape index (κ2) is 18.8. The fraction of sp³-hybridized carbons (Fsp3) is 0.185. The molecule has 0 bridgehead atoms. The summed E-state index contributed by atoms with van der Waals surface area (Å²) in [7, 11) is 0. The first-order valence-electron chi connectivity index (χ1n) is 11.2. The number of hydrazone groups is 2. The van der Waals surface area contributed by atoms with Gasteiger partial charge in [0.05, 0.1) is 0 Å². The number of allylic oxidation sites excluding steroid dienone is 3. The van der Waals surface area contributed by atoms with Gasteiger partial charge in [0.25, 0.3) is 11.8 Å². The van der Waals surface area contributed by atoms with E-state index in [0.29, 0.717) is 28.2 Å². The molecule has 0 saturated heterocycles. The number of nitrogens with zero attached hydrogens (tertiary/aromatic N) is 3. The van der Waals surface area contributed by atoms with Gasteiger partial charge in [0.15, 0.2) is 0 Å². The number of carboxylic acids is 2. The van der Waals surface area contributed by atoms with Crippen LogP contribution in [-0.4, -0.2) is 41.2 Å². The number of hydrogen-bond donors (Lipinski definition) is 2. The summed E-state index contributed by atoms with van der Waals surface area (Å²) in [6.45, 7) is 5.50. The molecule has 1 aliphatic heterocycles. The monoisotopic (exact) mass is 582 g/mol. The number of carbonyl (C=O) groups is 4. The van der Waals surface area contributed by atoms with Crippen molar-refractivity contribution in [1.29, 1.82) is 0 Å². The third-order valence-electron chi connectivity index (χ3n) is 4.36. The van der Waals surface area contributed by atoms with Gasteiger partial charge in [0.1, 0.15) is 0 Å². The Labute approximate surface area is 239 Å². The van der Waals surface area contributed by atoms with Gasteiger partial charge < -0.3 is 25.1 Å². The molecule has 0 radical (unpaired) electrons. The van der Waals surface area contributed by atoms with Gasteiger partial charge >= 0.3 is 19.5 Å². The number of carboxylic acid groups (broad SMARTS) is 2. The maximum atomic E-state index is 12.1. The molecule has 200 valence electrons. The van der Waals surface area contributed by atoms with E-state index in [9.17, 15) is 9.59 Å². The fourth-order valence-electron chi connectivity index (χ4n) is 2.64. The van der Waals surface area contributed by atoms with E-state index in [0.717, 1.165) is 13.8 Å². The van der Waals surface area contributed by atoms with Gasteiger partial charge in [-0.2, -0.15) is 10.2 Å². The van der Waals surface area contributed by atoms with Gasteiger partial charge in [-0.3, -0.25) is 9.59 Å². The molecular weight excluding hydrogens is 556 g/mol. The Hall–Kier alpha value is -4.44. The van der Waals surface area contributed by atoms with Crippen LogP contribution >= 0.6 is 0 Å². The molecule has 12 heteroatoms. The van der Waals surface area contributed by atoms with Gasteiger partial charge in [-0.1, -0.05) is 60.7 Å². The minimum atomic E-state index is -1.08. The Morgan fingerprint density at radius 2 is 1.15 bits per heavy atom. The van der Waals surface area contributed by atoms with Crippen molar-refractivity contribution in [2.45, 2.75) is 33.7 Å². The van der Waals surface area contributed by atoms with Crippen molar-refractivity contribution in [2.24, 2.45) is 10.2 Å². The average Bonchev–Trinajstić information content (AvgIpc) is 2.90. The predicted molar refractivity (Wildman–Crippen MR) is 140 cm³/mol. The van der Waals surface area contributed by atoms with E-state index in [1.807, 2.05) is 24.3 Å². The molecule has 0 spiro atoms. The van der Waals surface area contributed by atoms with Crippen LogP contribution in [0.3, 0.4) is 0 Å². The molecule has 2 amide bonds. The van der Waals surface area contributed by atoms with Crippen molar-refractivity contribution in [1.82, 2.24) is 10.9 Å². The van der Waals surface area contributed by atoms with Crippen molar-refractivity contribution in [3.05, 3.63) is 101 Å². The third-order valence-corrected chi connectivity index (χ3v) is 4.36. The summed E-state index contributed by atoms with van der Waals surface area (Å²) in [5, 5.41) is 30.7. The van der Waals surface area contributed by atoms with E-state index in [-0.39, 0.29) is 37.3 Å². The molecule has 2 N–H and O–H groups in total. The quantitative estimate of drug-likeness (QED) is 0.294. The molecule has 1 heterocycles. The third kappa shape index (κ3) is 14.8. The van der Waals surface area contributed by atoms with Crippen LogP contribution in [0.5, 0.6) is 0 Å².